The molecule has 184 valence electrons. The van der Waals surface area contributed by atoms with Gasteiger partial charge in [-0.25, -0.2) is 0 Å². The summed E-state index contributed by atoms with van der Waals surface area (Å²) in [6, 6.07) is 48.9. The SMILES string of the molecule is O=Cc1cccc2c1sc1c(-c3ccccc3)c(-c3ccccc3)c(-c3ccccc3)c(-c3ccccc3)c12. The Morgan fingerprint density at radius 1 is 0.410 bits per heavy atom. The zero-order valence-electron chi connectivity index (χ0n) is 21.2. The van der Waals surface area contributed by atoms with E-state index in [4.69, 9.17) is 0 Å². The van der Waals surface area contributed by atoms with Crippen LogP contribution in [0.15, 0.2) is 140 Å². The third-order valence-electron chi connectivity index (χ3n) is 7.35. The van der Waals surface area contributed by atoms with Crippen molar-refractivity contribution in [3.8, 4) is 44.5 Å². The number of carbonyl (C=O) groups excluding carboxylic acids is 1. The Bertz CT molecular complexity index is 1940. The molecule has 0 amide bonds. The lowest BCUT2D eigenvalue weighted by Gasteiger charge is -2.23. The Hall–Kier alpha value is -4.79. The van der Waals surface area contributed by atoms with Crippen molar-refractivity contribution in [2.45, 2.75) is 0 Å². The van der Waals surface area contributed by atoms with Crippen molar-refractivity contribution < 1.29 is 4.79 Å². The van der Waals surface area contributed by atoms with Gasteiger partial charge in [-0.1, -0.05) is 140 Å². The summed E-state index contributed by atoms with van der Waals surface area (Å²) in [5, 5.41) is 2.31. The molecule has 0 bridgehead atoms. The number of aldehydes is 1. The first-order valence-electron chi connectivity index (χ1n) is 13.1. The summed E-state index contributed by atoms with van der Waals surface area (Å²) in [7, 11) is 0. The van der Waals surface area contributed by atoms with Crippen molar-refractivity contribution in [1.82, 2.24) is 0 Å². The number of hydrogen-bond donors (Lipinski definition) is 0. The normalized spacial score (nSPS) is 11.2. The minimum Gasteiger partial charge on any atom is -0.298 e. The first-order valence-corrected chi connectivity index (χ1v) is 13.9. The fraction of sp³-hybridized carbons (Fsp3) is 0. The second-order valence-electron chi connectivity index (χ2n) is 9.61. The second-order valence-corrected chi connectivity index (χ2v) is 10.6. The highest BCUT2D eigenvalue weighted by Crippen LogP contribution is 2.54. The summed E-state index contributed by atoms with van der Waals surface area (Å²) < 4.78 is 2.23. The molecule has 0 saturated heterocycles. The van der Waals surface area contributed by atoms with Crippen LogP contribution in [0.4, 0.5) is 0 Å². The lowest BCUT2D eigenvalue weighted by atomic mass is 9.80. The van der Waals surface area contributed by atoms with E-state index >= 15 is 0 Å². The smallest absolute Gasteiger partial charge is 0.151 e. The second kappa shape index (κ2) is 9.83. The Balaban J connectivity index is 1.82. The maximum absolute atomic E-state index is 12.2. The standard InChI is InChI=1S/C37H24OS/c38-24-29-22-13-23-30-35-33(27-18-9-3-10-19-27)31(25-14-5-1-6-15-25)32(26-16-7-2-8-17-26)34(37(35)39-36(29)30)28-20-11-4-12-21-28/h1-24H. The zero-order valence-corrected chi connectivity index (χ0v) is 22.0. The van der Waals surface area contributed by atoms with Crippen molar-refractivity contribution in [2.75, 3.05) is 0 Å². The van der Waals surface area contributed by atoms with Gasteiger partial charge >= 0.3 is 0 Å². The number of benzene rings is 6. The highest BCUT2D eigenvalue weighted by atomic mass is 32.1. The predicted octanol–water partition coefficient (Wildman–Crippen LogP) is 10.5. The van der Waals surface area contributed by atoms with Crippen molar-refractivity contribution in [1.29, 1.82) is 0 Å². The highest BCUT2D eigenvalue weighted by Gasteiger charge is 2.26. The van der Waals surface area contributed by atoms with Crippen LogP contribution in [0.2, 0.25) is 0 Å². The van der Waals surface area contributed by atoms with Gasteiger partial charge in [0.2, 0.25) is 0 Å². The summed E-state index contributed by atoms with van der Waals surface area (Å²) in [6.45, 7) is 0. The molecule has 0 saturated carbocycles. The molecular formula is C37H24OS. The largest absolute Gasteiger partial charge is 0.298 e. The highest BCUT2D eigenvalue weighted by molar-refractivity contribution is 7.26. The van der Waals surface area contributed by atoms with E-state index in [1.54, 1.807) is 11.3 Å². The maximum Gasteiger partial charge on any atom is 0.151 e. The number of hydrogen-bond acceptors (Lipinski definition) is 2. The van der Waals surface area contributed by atoms with E-state index in [9.17, 15) is 4.79 Å². The summed E-state index contributed by atoms with van der Waals surface area (Å²) in [6.07, 6.45) is 0.984. The van der Waals surface area contributed by atoms with Gasteiger partial charge in [-0.2, -0.15) is 0 Å². The predicted molar refractivity (Wildman–Crippen MR) is 166 cm³/mol. The van der Waals surface area contributed by atoms with Crippen LogP contribution < -0.4 is 0 Å². The van der Waals surface area contributed by atoms with Gasteiger partial charge in [0, 0.05) is 31.3 Å². The van der Waals surface area contributed by atoms with Crippen LogP contribution in [-0.2, 0) is 0 Å². The quantitative estimate of drug-likeness (QED) is 0.208. The molecule has 0 radical (unpaired) electrons. The summed E-state index contributed by atoms with van der Waals surface area (Å²) in [5.41, 5.74) is 10.2. The van der Waals surface area contributed by atoms with E-state index in [2.05, 4.69) is 127 Å². The molecular weight excluding hydrogens is 492 g/mol. The van der Waals surface area contributed by atoms with Crippen LogP contribution >= 0.6 is 11.3 Å². The molecule has 0 aliphatic carbocycles. The van der Waals surface area contributed by atoms with Gasteiger partial charge in [-0.15, -0.1) is 11.3 Å². The molecule has 6 aromatic carbocycles. The minimum absolute atomic E-state index is 0.731. The van der Waals surface area contributed by atoms with E-state index in [1.165, 1.54) is 43.5 Å². The fourth-order valence-electron chi connectivity index (χ4n) is 5.71. The molecule has 0 atom stereocenters. The average Bonchev–Trinajstić information content (AvgIpc) is 3.41. The fourth-order valence-corrected chi connectivity index (χ4v) is 7.06. The molecule has 0 spiro atoms. The third-order valence-corrected chi connectivity index (χ3v) is 8.62. The molecule has 39 heavy (non-hydrogen) atoms. The monoisotopic (exact) mass is 516 g/mol. The lowest BCUT2D eigenvalue weighted by Crippen LogP contribution is -1.96. The van der Waals surface area contributed by atoms with Crippen LogP contribution in [0.25, 0.3) is 64.7 Å². The molecule has 1 aromatic heterocycles. The van der Waals surface area contributed by atoms with Gasteiger partial charge in [-0.3, -0.25) is 4.79 Å². The molecule has 2 heteroatoms. The van der Waals surface area contributed by atoms with Crippen LogP contribution in [0.3, 0.4) is 0 Å². The van der Waals surface area contributed by atoms with Gasteiger partial charge in [0.05, 0.1) is 0 Å². The molecule has 1 nitrogen and oxygen atoms in total. The summed E-state index contributed by atoms with van der Waals surface area (Å²) >= 11 is 1.72. The lowest BCUT2D eigenvalue weighted by molar-refractivity contribution is 0.112. The van der Waals surface area contributed by atoms with Gasteiger partial charge in [0.25, 0.3) is 0 Å². The van der Waals surface area contributed by atoms with E-state index in [0.717, 1.165) is 33.1 Å². The molecule has 0 fully saturated rings. The zero-order chi connectivity index (χ0) is 26.2. The topological polar surface area (TPSA) is 17.1 Å². The van der Waals surface area contributed by atoms with Gasteiger partial charge in [0.15, 0.2) is 6.29 Å². The maximum atomic E-state index is 12.2. The van der Waals surface area contributed by atoms with E-state index < -0.39 is 0 Å². The third kappa shape index (κ3) is 3.89. The van der Waals surface area contributed by atoms with E-state index in [-0.39, 0.29) is 0 Å². The summed E-state index contributed by atoms with van der Waals surface area (Å²) in [4.78, 5) is 12.2. The number of thiophene rings is 1. The van der Waals surface area contributed by atoms with Crippen molar-refractivity contribution >= 4 is 37.8 Å². The van der Waals surface area contributed by atoms with Gasteiger partial charge < -0.3 is 0 Å². The van der Waals surface area contributed by atoms with Gasteiger partial charge in [-0.05, 0) is 38.9 Å². The molecule has 0 aliphatic rings. The van der Waals surface area contributed by atoms with Crippen LogP contribution in [0.1, 0.15) is 10.4 Å². The van der Waals surface area contributed by atoms with Crippen molar-refractivity contribution in [2.24, 2.45) is 0 Å². The van der Waals surface area contributed by atoms with Gasteiger partial charge in [0.1, 0.15) is 0 Å². The number of fused-ring (bicyclic) bond motifs is 3. The van der Waals surface area contributed by atoms with Crippen LogP contribution in [0.5, 0.6) is 0 Å². The molecule has 0 aliphatic heterocycles. The molecule has 0 N–H and O–H groups in total. The number of rotatable bonds is 5. The van der Waals surface area contributed by atoms with E-state index in [0.29, 0.717) is 0 Å². The summed E-state index contributed by atoms with van der Waals surface area (Å²) in [5.74, 6) is 0. The molecule has 1 heterocycles. The Morgan fingerprint density at radius 3 is 1.33 bits per heavy atom. The molecule has 7 rings (SSSR count). The molecule has 7 aromatic rings. The van der Waals surface area contributed by atoms with E-state index in [1.807, 2.05) is 12.1 Å². The van der Waals surface area contributed by atoms with Crippen LogP contribution in [-0.4, -0.2) is 6.29 Å². The van der Waals surface area contributed by atoms with Crippen molar-refractivity contribution in [3.63, 3.8) is 0 Å². The van der Waals surface area contributed by atoms with Crippen LogP contribution in [0, 0.1) is 0 Å². The van der Waals surface area contributed by atoms with Crippen molar-refractivity contribution in [3.05, 3.63) is 145 Å². The molecule has 0 unspecified atom stereocenters. The Kier molecular flexibility index (Phi) is 5.88. The minimum atomic E-state index is 0.731. The Labute approximate surface area is 231 Å². The Morgan fingerprint density at radius 2 is 0.846 bits per heavy atom. The average molecular weight is 517 g/mol. The number of carbonyl (C=O) groups is 1. The first kappa shape index (κ1) is 23.3. The first-order chi connectivity index (χ1) is 19.3.